The maximum absolute atomic E-state index is 5.81. The van der Waals surface area contributed by atoms with Gasteiger partial charge in [0.1, 0.15) is 0 Å². The molecule has 0 aliphatic carbocycles. The second kappa shape index (κ2) is 9.04. The van der Waals surface area contributed by atoms with Gasteiger partial charge in [-0.25, -0.2) is 0 Å². The maximum Gasteiger partial charge on any atom is 0.191 e. The van der Waals surface area contributed by atoms with Crippen molar-refractivity contribution in [3.05, 3.63) is 35.9 Å². The van der Waals surface area contributed by atoms with Crippen molar-refractivity contribution in [2.24, 2.45) is 4.99 Å². The van der Waals surface area contributed by atoms with Crippen LogP contribution in [0.15, 0.2) is 35.3 Å². The molecular formula is C19H32N4O. The lowest BCUT2D eigenvalue weighted by molar-refractivity contribution is 0.0242. The number of aliphatic imine (C=N–C) groups is 1. The molecule has 2 unspecified atom stereocenters. The molecule has 1 aromatic rings. The minimum atomic E-state index is -0.0622. The van der Waals surface area contributed by atoms with Crippen molar-refractivity contribution in [2.45, 2.75) is 44.9 Å². The topological polar surface area (TPSA) is 48.9 Å². The van der Waals surface area contributed by atoms with Crippen molar-refractivity contribution in [1.29, 1.82) is 0 Å². The van der Waals surface area contributed by atoms with Gasteiger partial charge in [0.15, 0.2) is 5.96 Å². The second-order valence-electron chi connectivity index (χ2n) is 6.96. The molecule has 0 spiro atoms. The van der Waals surface area contributed by atoms with Crippen LogP contribution in [0.2, 0.25) is 0 Å². The molecule has 0 saturated carbocycles. The van der Waals surface area contributed by atoms with E-state index in [1.54, 1.807) is 0 Å². The summed E-state index contributed by atoms with van der Waals surface area (Å²) in [5.41, 5.74) is 1.27. The largest absolute Gasteiger partial charge is 0.373 e. The van der Waals surface area contributed by atoms with E-state index in [1.165, 1.54) is 5.56 Å². The number of guanidine groups is 1. The van der Waals surface area contributed by atoms with E-state index in [2.05, 4.69) is 71.8 Å². The Labute approximate surface area is 146 Å². The Kier molecular flexibility index (Phi) is 7.06. The van der Waals surface area contributed by atoms with Crippen molar-refractivity contribution < 1.29 is 4.74 Å². The number of ether oxygens (including phenoxy) is 1. The Hall–Kier alpha value is -1.59. The van der Waals surface area contributed by atoms with E-state index in [1.807, 2.05) is 7.05 Å². The molecule has 1 heterocycles. The summed E-state index contributed by atoms with van der Waals surface area (Å²) in [5.74, 6) is 0.840. The minimum absolute atomic E-state index is 0.0622. The molecule has 1 aliphatic heterocycles. The summed E-state index contributed by atoms with van der Waals surface area (Å²) < 4.78 is 5.81. The van der Waals surface area contributed by atoms with E-state index in [4.69, 9.17) is 4.74 Å². The molecule has 1 saturated heterocycles. The van der Waals surface area contributed by atoms with E-state index in [0.29, 0.717) is 6.04 Å². The van der Waals surface area contributed by atoms with Gasteiger partial charge >= 0.3 is 0 Å². The van der Waals surface area contributed by atoms with Crippen molar-refractivity contribution >= 4 is 5.96 Å². The first-order valence-corrected chi connectivity index (χ1v) is 8.85. The van der Waals surface area contributed by atoms with Crippen LogP contribution in [0, 0.1) is 0 Å². The smallest absolute Gasteiger partial charge is 0.191 e. The number of nitrogens with zero attached hydrogens (tertiary/aromatic N) is 2. The Morgan fingerprint density at radius 3 is 2.71 bits per heavy atom. The first kappa shape index (κ1) is 18.7. The van der Waals surface area contributed by atoms with E-state index < -0.39 is 0 Å². The van der Waals surface area contributed by atoms with Crippen LogP contribution in [0.3, 0.4) is 0 Å². The fourth-order valence-corrected chi connectivity index (χ4v) is 2.90. The van der Waals surface area contributed by atoms with E-state index in [9.17, 15) is 0 Å². The molecule has 2 rings (SSSR count). The van der Waals surface area contributed by atoms with Crippen LogP contribution in [0.4, 0.5) is 0 Å². The van der Waals surface area contributed by atoms with E-state index in [-0.39, 0.29) is 5.60 Å². The van der Waals surface area contributed by atoms with Crippen LogP contribution in [-0.2, 0) is 11.3 Å². The molecule has 2 atom stereocenters. The fourth-order valence-electron chi connectivity index (χ4n) is 2.90. The lowest BCUT2D eigenvalue weighted by Crippen LogP contribution is -2.48. The molecule has 1 aromatic carbocycles. The number of likely N-dealkylation sites (N-methyl/N-ethyl adjacent to an activating group) is 1. The van der Waals surface area contributed by atoms with Gasteiger partial charge in [0.25, 0.3) is 0 Å². The number of rotatable bonds is 7. The van der Waals surface area contributed by atoms with Gasteiger partial charge < -0.3 is 15.4 Å². The molecule has 2 N–H and O–H groups in total. The molecular weight excluding hydrogens is 300 g/mol. The SMILES string of the molecule is CN=C(NCC(C)N(C)Cc1ccccc1)NCC1(C)CCCO1. The van der Waals surface area contributed by atoms with Crippen molar-refractivity contribution in [1.82, 2.24) is 15.5 Å². The van der Waals surface area contributed by atoms with Gasteiger partial charge in [-0.3, -0.25) is 9.89 Å². The Balaban J connectivity index is 1.73. The highest BCUT2D eigenvalue weighted by molar-refractivity contribution is 5.79. The molecule has 134 valence electrons. The average molecular weight is 332 g/mol. The Bertz CT molecular complexity index is 511. The van der Waals surface area contributed by atoms with Crippen molar-refractivity contribution in [2.75, 3.05) is 33.8 Å². The first-order chi connectivity index (χ1) is 11.5. The zero-order valence-electron chi connectivity index (χ0n) is 15.5. The summed E-state index contributed by atoms with van der Waals surface area (Å²) >= 11 is 0. The summed E-state index contributed by atoms with van der Waals surface area (Å²) in [4.78, 5) is 6.66. The molecule has 1 aliphatic rings. The maximum atomic E-state index is 5.81. The minimum Gasteiger partial charge on any atom is -0.373 e. The highest BCUT2D eigenvalue weighted by Crippen LogP contribution is 2.23. The molecule has 24 heavy (non-hydrogen) atoms. The monoisotopic (exact) mass is 332 g/mol. The lowest BCUT2D eigenvalue weighted by atomic mass is 10.0. The molecule has 0 bridgehead atoms. The second-order valence-corrected chi connectivity index (χ2v) is 6.96. The van der Waals surface area contributed by atoms with Gasteiger partial charge in [-0.05, 0) is 39.3 Å². The predicted molar refractivity (Wildman–Crippen MR) is 100 cm³/mol. The molecule has 0 aromatic heterocycles. The average Bonchev–Trinajstić information content (AvgIpc) is 3.02. The van der Waals surface area contributed by atoms with Crippen LogP contribution in [-0.4, -0.2) is 56.3 Å². The summed E-state index contributed by atoms with van der Waals surface area (Å²) in [6.45, 7) is 7.84. The zero-order valence-corrected chi connectivity index (χ0v) is 15.5. The van der Waals surface area contributed by atoms with Crippen LogP contribution in [0.1, 0.15) is 32.3 Å². The molecule has 5 nitrogen and oxygen atoms in total. The molecule has 1 fully saturated rings. The first-order valence-electron chi connectivity index (χ1n) is 8.85. The highest BCUT2D eigenvalue weighted by Gasteiger charge is 2.29. The van der Waals surface area contributed by atoms with Gasteiger partial charge in [-0.15, -0.1) is 0 Å². The van der Waals surface area contributed by atoms with Crippen LogP contribution >= 0.6 is 0 Å². The molecule has 0 radical (unpaired) electrons. The van der Waals surface area contributed by atoms with Gasteiger partial charge in [0.05, 0.1) is 5.60 Å². The third-order valence-corrected chi connectivity index (χ3v) is 4.75. The normalized spacial score (nSPS) is 22.6. The standard InChI is InChI=1S/C19H32N4O/c1-16(23(4)14-17-9-6-5-7-10-17)13-21-18(20-3)22-15-19(2)11-8-12-24-19/h5-7,9-10,16H,8,11-15H2,1-4H3,(H2,20,21,22). The van der Waals surface area contributed by atoms with E-state index in [0.717, 1.165) is 45.0 Å². The van der Waals surface area contributed by atoms with E-state index >= 15 is 0 Å². The zero-order chi connectivity index (χ0) is 17.4. The van der Waals surface area contributed by atoms with Crippen LogP contribution < -0.4 is 10.6 Å². The van der Waals surface area contributed by atoms with Gasteiger partial charge in [-0.2, -0.15) is 0 Å². The lowest BCUT2D eigenvalue weighted by Gasteiger charge is -2.27. The third-order valence-electron chi connectivity index (χ3n) is 4.75. The predicted octanol–water partition coefficient (Wildman–Crippen LogP) is 2.24. The fraction of sp³-hybridized carbons (Fsp3) is 0.632. The summed E-state index contributed by atoms with van der Waals surface area (Å²) in [6.07, 6.45) is 2.25. The number of benzene rings is 1. The summed E-state index contributed by atoms with van der Waals surface area (Å²) in [5, 5.41) is 6.81. The summed E-state index contributed by atoms with van der Waals surface area (Å²) in [6, 6.07) is 11.0. The van der Waals surface area contributed by atoms with Crippen molar-refractivity contribution in [3.63, 3.8) is 0 Å². The molecule has 5 heteroatoms. The third kappa shape index (κ3) is 5.80. The van der Waals surface area contributed by atoms with Crippen LogP contribution in [0.25, 0.3) is 0 Å². The highest BCUT2D eigenvalue weighted by atomic mass is 16.5. The summed E-state index contributed by atoms with van der Waals surface area (Å²) in [7, 11) is 3.97. The quantitative estimate of drug-likeness (QED) is 0.594. The van der Waals surface area contributed by atoms with Crippen molar-refractivity contribution in [3.8, 4) is 0 Å². The number of hydrogen-bond acceptors (Lipinski definition) is 3. The van der Waals surface area contributed by atoms with Gasteiger partial charge in [0, 0.05) is 39.3 Å². The Morgan fingerprint density at radius 2 is 2.08 bits per heavy atom. The van der Waals surface area contributed by atoms with Crippen LogP contribution in [0.5, 0.6) is 0 Å². The number of nitrogens with one attached hydrogen (secondary N) is 2. The van der Waals surface area contributed by atoms with Gasteiger partial charge in [0.2, 0.25) is 0 Å². The van der Waals surface area contributed by atoms with Gasteiger partial charge in [-0.1, -0.05) is 30.3 Å². The number of hydrogen-bond donors (Lipinski definition) is 2. The molecule has 0 amide bonds. The Morgan fingerprint density at radius 1 is 1.33 bits per heavy atom.